The second-order valence-electron chi connectivity index (χ2n) is 5.33. The van der Waals surface area contributed by atoms with Crippen LogP contribution in [0.25, 0.3) is 0 Å². The summed E-state index contributed by atoms with van der Waals surface area (Å²) in [5, 5.41) is 12.1. The smallest absolute Gasteiger partial charge is 0.303 e. The first-order valence-electron chi connectivity index (χ1n) is 6.82. The highest BCUT2D eigenvalue weighted by Crippen LogP contribution is 2.29. The van der Waals surface area contributed by atoms with Gasteiger partial charge in [0.25, 0.3) is 0 Å². The lowest BCUT2D eigenvalue weighted by Crippen LogP contribution is -2.36. The van der Waals surface area contributed by atoms with Crippen LogP contribution in [0.2, 0.25) is 0 Å². The molecule has 0 amide bonds. The zero-order chi connectivity index (χ0) is 12.1. The molecule has 0 radical (unpaired) electrons. The first kappa shape index (κ1) is 12.8. The van der Waals surface area contributed by atoms with E-state index in [4.69, 9.17) is 9.84 Å². The molecule has 0 unspecified atom stereocenters. The van der Waals surface area contributed by atoms with Crippen molar-refractivity contribution in [3.05, 3.63) is 0 Å². The van der Waals surface area contributed by atoms with Gasteiger partial charge in [0.2, 0.25) is 0 Å². The first-order valence-corrected chi connectivity index (χ1v) is 6.82. The van der Waals surface area contributed by atoms with E-state index in [0.717, 1.165) is 51.6 Å². The van der Waals surface area contributed by atoms with Gasteiger partial charge in [-0.05, 0) is 57.5 Å². The van der Waals surface area contributed by atoms with Crippen LogP contribution < -0.4 is 5.32 Å². The van der Waals surface area contributed by atoms with E-state index in [9.17, 15) is 4.79 Å². The fourth-order valence-electron chi connectivity index (χ4n) is 2.92. The number of ether oxygens (including phenoxy) is 1. The standard InChI is InChI=1S/C13H23NO3/c15-13(16)9-10-1-3-11(4-2-10)17-12-5-7-14-8-6-12/h10-12,14H,1-9H2,(H,15,16). The van der Waals surface area contributed by atoms with Gasteiger partial charge in [-0.3, -0.25) is 4.79 Å². The van der Waals surface area contributed by atoms with Gasteiger partial charge in [0, 0.05) is 6.42 Å². The van der Waals surface area contributed by atoms with Crippen molar-refractivity contribution in [2.45, 2.75) is 57.2 Å². The maximum absolute atomic E-state index is 10.6. The largest absolute Gasteiger partial charge is 0.481 e. The molecule has 0 atom stereocenters. The number of rotatable bonds is 4. The molecule has 0 aromatic carbocycles. The summed E-state index contributed by atoms with van der Waals surface area (Å²) in [5.41, 5.74) is 0. The van der Waals surface area contributed by atoms with E-state index >= 15 is 0 Å². The summed E-state index contributed by atoms with van der Waals surface area (Å²) >= 11 is 0. The highest BCUT2D eigenvalue weighted by molar-refractivity contribution is 5.67. The Morgan fingerprint density at radius 2 is 1.65 bits per heavy atom. The summed E-state index contributed by atoms with van der Waals surface area (Å²) in [5.74, 6) is -0.284. The van der Waals surface area contributed by atoms with Crippen LogP contribution >= 0.6 is 0 Å². The zero-order valence-electron chi connectivity index (χ0n) is 10.4. The summed E-state index contributed by atoms with van der Waals surface area (Å²) in [6.45, 7) is 2.14. The number of nitrogens with one attached hydrogen (secondary N) is 1. The average molecular weight is 241 g/mol. The van der Waals surface area contributed by atoms with Gasteiger partial charge >= 0.3 is 5.97 Å². The number of hydrogen-bond acceptors (Lipinski definition) is 3. The molecule has 1 saturated heterocycles. The minimum atomic E-state index is -0.660. The Balaban J connectivity index is 1.66. The molecule has 1 heterocycles. The number of aliphatic carboxylic acids is 1. The molecule has 2 rings (SSSR count). The summed E-state index contributed by atoms with van der Waals surface area (Å²) in [7, 11) is 0. The summed E-state index contributed by atoms with van der Waals surface area (Å²) in [6, 6.07) is 0. The zero-order valence-corrected chi connectivity index (χ0v) is 10.4. The molecule has 1 saturated carbocycles. The van der Waals surface area contributed by atoms with Gasteiger partial charge in [-0.1, -0.05) is 0 Å². The number of carbonyl (C=O) groups is 1. The van der Waals surface area contributed by atoms with Gasteiger partial charge in [-0.2, -0.15) is 0 Å². The van der Waals surface area contributed by atoms with Crippen LogP contribution in [0, 0.1) is 5.92 Å². The molecule has 98 valence electrons. The Kier molecular flexibility index (Phi) is 4.80. The van der Waals surface area contributed by atoms with Gasteiger partial charge in [0.05, 0.1) is 12.2 Å². The second kappa shape index (κ2) is 6.36. The van der Waals surface area contributed by atoms with Crippen LogP contribution in [-0.4, -0.2) is 36.4 Å². The Bertz CT molecular complexity index is 243. The minimum absolute atomic E-state index is 0.333. The number of carboxylic acid groups (broad SMARTS) is 1. The molecule has 4 nitrogen and oxygen atoms in total. The third-order valence-corrected chi connectivity index (χ3v) is 3.93. The highest BCUT2D eigenvalue weighted by Gasteiger charge is 2.26. The van der Waals surface area contributed by atoms with E-state index in [0.29, 0.717) is 24.5 Å². The van der Waals surface area contributed by atoms with Gasteiger partial charge in [0.15, 0.2) is 0 Å². The van der Waals surface area contributed by atoms with E-state index in [-0.39, 0.29) is 0 Å². The van der Waals surface area contributed by atoms with Gasteiger partial charge in [-0.15, -0.1) is 0 Å². The van der Waals surface area contributed by atoms with Crippen LogP contribution in [0.3, 0.4) is 0 Å². The van der Waals surface area contributed by atoms with Crippen molar-refractivity contribution in [2.24, 2.45) is 5.92 Å². The molecular formula is C13H23NO3. The fourth-order valence-corrected chi connectivity index (χ4v) is 2.92. The van der Waals surface area contributed by atoms with Crippen molar-refractivity contribution in [1.29, 1.82) is 0 Å². The molecule has 4 heteroatoms. The maximum atomic E-state index is 10.6. The molecule has 1 aliphatic carbocycles. The van der Waals surface area contributed by atoms with Crippen molar-refractivity contribution in [2.75, 3.05) is 13.1 Å². The molecule has 17 heavy (non-hydrogen) atoms. The van der Waals surface area contributed by atoms with Crippen LogP contribution in [0.4, 0.5) is 0 Å². The third-order valence-electron chi connectivity index (χ3n) is 3.93. The summed E-state index contributed by atoms with van der Waals surface area (Å²) < 4.78 is 6.10. The van der Waals surface area contributed by atoms with Crippen molar-refractivity contribution < 1.29 is 14.6 Å². The van der Waals surface area contributed by atoms with E-state index in [1.54, 1.807) is 0 Å². The number of piperidine rings is 1. The quantitative estimate of drug-likeness (QED) is 0.788. The maximum Gasteiger partial charge on any atom is 0.303 e. The van der Waals surface area contributed by atoms with Crippen LogP contribution in [0.1, 0.15) is 44.9 Å². The Morgan fingerprint density at radius 3 is 2.24 bits per heavy atom. The Morgan fingerprint density at radius 1 is 1.06 bits per heavy atom. The summed E-state index contributed by atoms with van der Waals surface area (Å²) in [4.78, 5) is 10.6. The van der Waals surface area contributed by atoms with Crippen LogP contribution in [-0.2, 0) is 9.53 Å². The second-order valence-corrected chi connectivity index (χ2v) is 5.33. The molecule has 0 aromatic rings. The molecule has 0 spiro atoms. The first-order chi connectivity index (χ1) is 8.24. The van der Waals surface area contributed by atoms with Crippen molar-refractivity contribution in [3.63, 3.8) is 0 Å². The lowest BCUT2D eigenvalue weighted by Gasteiger charge is -2.32. The van der Waals surface area contributed by atoms with E-state index < -0.39 is 5.97 Å². The molecule has 0 bridgehead atoms. The molecule has 1 aliphatic heterocycles. The van der Waals surface area contributed by atoms with Crippen LogP contribution in [0.5, 0.6) is 0 Å². The molecule has 2 N–H and O–H groups in total. The Hall–Kier alpha value is -0.610. The topological polar surface area (TPSA) is 58.6 Å². The van der Waals surface area contributed by atoms with Gasteiger partial charge < -0.3 is 15.2 Å². The minimum Gasteiger partial charge on any atom is -0.481 e. The predicted molar refractivity (Wildman–Crippen MR) is 65.0 cm³/mol. The van der Waals surface area contributed by atoms with Crippen LogP contribution in [0.15, 0.2) is 0 Å². The van der Waals surface area contributed by atoms with Crippen molar-refractivity contribution >= 4 is 5.97 Å². The van der Waals surface area contributed by atoms with Crippen molar-refractivity contribution in [3.8, 4) is 0 Å². The average Bonchev–Trinajstić information content (AvgIpc) is 2.32. The highest BCUT2D eigenvalue weighted by atomic mass is 16.5. The monoisotopic (exact) mass is 241 g/mol. The van der Waals surface area contributed by atoms with Gasteiger partial charge in [-0.25, -0.2) is 0 Å². The Labute approximate surface area is 103 Å². The third kappa shape index (κ3) is 4.28. The van der Waals surface area contributed by atoms with E-state index in [2.05, 4.69) is 5.32 Å². The molecular weight excluding hydrogens is 218 g/mol. The molecule has 2 aliphatic rings. The van der Waals surface area contributed by atoms with E-state index in [1.807, 2.05) is 0 Å². The van der Waals surface area contributed by atoms with Gasteiger partial charge in [0.1, 0.15) is 0 Å². The SMILES string of the molecule is O=C(O)CC1CCC(OC2CCNCC2)CC1. The van der Waals surface area contributed by atoms with E-state index in [1.165, 1.54) is 0 Å². The molecule has 2 fully saturated rings. The predicted octanol–water partition coefficient (Wildman–Crippen LogP) is 1.79. The normalized spacial score (nSPS) is 31.3. The lowest BCUT2D eigenvalue weighted by molar-refractivity contribution is -0.138. The number of hydrogen-bond donors (Lipinski definition) is 2. The number of carboxylic acids is 1. The fraction of sp³-hybridized carbons (Fsp3) is 0.923. The lowest BCUT2D eigenvalue weighted by atomic mass is 9.85. The molecule has 0 aromatic heterocycles. The summed E-state index contributed by atoms with van der Waals surface area (Å²) in [6.07, 6.45) is 7.50. The van der Waals surface area contributed by atoms with Crippen molar-refractivity contribution in [1.82, 2.24) is 5.32 Å².